The summed E-state index contributed by atoms with van der Waals surface area (Å²) in [4.78, 5) is 17.0. The summed E-state index contributed by atoms with van der Waals surface area (Å²) >= 11 is 1.34. The van der Waals surface area contributed by atoms with Crippen LogP contribution in [0.4, 0.5) is 0 Å². The predicted molar refractivity (Wildman–Crippen MR) is 80.1 cm³/mol. The van der Waals surface area contributed by atoms with Gasteiger partial charge in [0.05, 0.1) is 11.8 Å². The Balaban J connectivity index is 2.61. The van der Waals surface area contributed by atoms with Crippen LogP contribution in [-0.2, 0) is 4.74 Å². The van der Waals surface area contributed by atoms with Gasteiger partial charge in [-0.25, -0.2) is 4.98 Å². The Bertz CT molecular complexity index is 446. The van der Waals surface area contributed by atoms with E-state index in [1.807, 2.05) is 27.7 Å². The highest BCUT2D eigenvalue weighted by Crippen LogP contribution is 2.25. The van der Waals surface area contributed by atoms with Crippen LogP contribution in [0.15, 0.2) is 0 Å². The smallest absolute Gasteiger partial charge is 0.263 e. The lowest BCUT2D eigenvalue weighted by atomic mass is 10.1. The second-order valence-corrected chi connectivity index (χ2v) is 6.37. The molecule has 0 bridgehead atoms. The molecule has 2 atom stereocenters. The number of aliphatic hydroxyl groups excluding tert-OH is 1. The number of ether oxygens (including phenoxy) is 1. The zero-order chi connectivity index (χ0) is 15.3. The van der Waals surface area contributed by atoms with E-state index in [2.05, 4.69) is 10.3 Å². The van der Waals surface area contributed by atoms with Gasteiger partial charge in [-0.2, -0.15) is 0 Å². The lowest BCUT2D eigenvalue weighted by molar-refractivity contribution is 0.0903. The second-order valence-electron chi connectivity index (χ2n) is 5.34. The van der Waals surface area contributed by atoms with Gasteiger partial charge in [0.15, 0.2) is 0 Å². The quantitative estimate of drug-likeness (QED) is 0.810. The monoisotopic (exact) mass is 300 g/mol. The van der Waals surface area contributed by atoms with Crippen molar-refractivity contribution in [2.75, 3.05) is 13.7 Å². The Morgan fingerprint density at radius 3 is 2.65 bits per heavy atom. The van der Waals surface area contributed by atoms with Crippen LogP contribution in [0.5, 0.6) is 0 Å². The number of carbonyl (C=O) groups excluding carboxylic acids is 1. The lowest BCUT2D eigenvalue weighted by Gasteiger charge is -2.13. The van der Waals surface area contributed by atoms with E-state index in [-0.39, 0.29) is 18.6 Å². The van der Waals surface area contributed by atoms with E-state index in [0.717, 1.165) is 5.01 Å². The SMILES string of the molecule is COC(C)c1nc(C)c(C(=O)NCC(O)CC(C)C)s1. The van der Waals surface area contributed by atoms with Gasteiger partial charge in [0.2, 0.25) is 0 Å². The first kappa shape index (κ1) is 17.1. The molecule has 0 spiro atoms. The van der Waals surface area contributed by atoms with Crippen molar-refractivity contribution in [3.05, 3.63) is 15.6 Å². The number of hydrogen-bond donors (Lipinski definition) is 2. The second kappa shape index (κ2) is 7.71. The molecule has 0 aromatic carbocycles. The van der Waals surface area contributed by atoms with Crippen LogP contribution in [0.2, 0.25) is 0 Å². The maximum atomic E-state index is 12.1. The summed E-state index contributed by atoms with van der Waals surface area (Å²) in [6.45, 7) is 8.05. The fraction of sp³-hybridized carbons (Fsp3) is 0.714. The number of hydrogen-bond acceptors (Lipinski definition) is 5. The molecule has 1 aromatic heterocycles. The van der Waals surface area contributed by atoms with Crippen LogP contribution in [0.1, 0.15) is 53.7 Å². The van der Waals surface area contributed by atoms with Crippen molar-refractivity contribution >= 4 is 17.2 Å². The fourth-order valence-electron chi connectivity index (χ4n) is 1.82. The van der Waals surface area contributed by atoms with Crippen molar-refractivity contribution in [1.82, 2.24) is 10.3 Å². The summed E-state index contributed by atoms with van der Waals surface area (Å²) in [5, 5.41) is 13.3. The van der Waals surface area contributed by atoms with Crippen LogP contribution in [0.25, 0.3) is 0 Å². The Labute approximate surface area is 124 Å². The van der Waals surface area contributed by atoms with Gasteiger partial charge in [-0.1, -0.05) is 13.8 Å². The third kappa shape index (κ3) is 4.85. The summed E-state index contributed by atoms with van der Waals surface area (Å²) in [5.74, 6) is 0.221. The number of thiazole rings is 1. The van der Waals surface area contributed by atoms with E-state index in [9.17, 15) is 9.90 Å². The highest BCUT2D eigenvalue weighted by atomic mass is 32.1. The van der Waals surface area contributed by atoms with Gasteiger partial charge < -0.3 is 15.2 Å². The number of rotatable bonds is 7. The van der Waals surface area contributed by atoms with E-state index in [4.69, 9.17) is 4.74 Å². The highest BCUT2D eigenvalue weighted by Gasteiger charge is 2.19. The first-order valence-corrected chi connectivity index (χ1v) is 7.63. The van der Waals surface area contributed by atoms with Gasteiger partial charge in [0.25, 0.3) is 5.91 Å². The molecule has 2 N–H and O–H groups in total. The molecule has 0 aliphatic rings. The molecule has 0 aliphatic heterocycles. The van der Waals surface area contributed by atoms with E-state index < -0.39 is 6.10 Å². The standard InChI is InChI=1S/C14H24N2O3S/c1-8(2)6-11(17)7-15-13(18)12-9(3)16-14(20-12)10(4)19-5/h8,10-11,17H,6-7H2,1-5H3,(H,15,18). The molecular formula is C14H24N2O3S. The zero-order valence-electron chi connectivity index (χ0n) is 12.8. The molecule has 5 nitrogen and oxygen atoms in total. The molecule has 114 valence electrons. The van der Waals surface area contributed by atoms with E-state index in [1.54, 1.807) is 7.11 Å². The molecule has 20 heavy (non-hydrogen) atoms. The normalized spacial score (nSPS) is 14.3. The molecular weight excluding hydrogens is 276 g/mol. The van der Waals surface area contributed by atoms with Gasteiger partial charge in [0, 0.05) is 13.7 Å². The third-order valence-corrected chi connectivity index (χ3v) is 4.28. The molecule has 1 rings (SSSR count). The molecule has 2 unspecified atom stereocenters. The summed E-state index contributed by atoms with van der Waals surface area (Å²) in [6, 6.07) is 0. The Hall–Kier alpha value is -0.980. The summed E-state index contributed by atoms with van der Waals surface area (Å²) < 4.78 is 5.20. The van der Waals surface area contributed by atoms with Gasteiger partial charge in [-0.3, -0.25) is 4.79 Å². The van der Waals surface area contributed by atoms with Crippen molar-refractivity contribution in [2.24, 2.45) is 5.92 Å². The average Bonchev–Trinajstić information content (AvgIpc) is 2.76. The molecule has 1 aromatic rings. The lowest BCUT2D eigenvalue weighted by Crippen LogP contribution is -2.32. The minimum Gasteiger partial charge on any atom is -0.391 e. The maximum Gasteiger partial charge on any atom is 0.263 e. The van der Waals surface area contributed by atoms with Crippen molar-refractivity contribution in [2.45, 2.75) is 46.3 Å². The molecule has 1 amide bonds. The fourth-order valence-corrected chi connectivity index (χ4v) is 2.83. The number of nitrogens with one attached hydrogen (secondary N) is 1. The van der Waals surface area contributed by atoms with E-state index >= 15 is 0 Å². The van der Waals surface area contributed by atoms with Crippen molar-refractivity contribution in [3.63, 3.8) is 0 Å². The molecule has 0 radical (unpaired) electrons. The molecule has 1 heterocycles. The van der Waals surface area contributed by atoms with Crippen LogP contribution >= 0.6 is 11.3 Å². The number of aliphatic hydroxyl groups is 1. The highest BCUT2D eigenvalue weighted by molar-refractivity contribution is 7.13. The minimum atomic E-state index is -0.510. The maximum absolute atomic E-state index is 12.1. The number of methoxy groups -OCH3 is 1. The number of aryl methyl sites for hydroxylation is 1. The van der Waals surface area contributed by atoms with Crippen molar-refractivity contribution < 1.29 is 14.6 Å². The first-order valence-electron chi connectivity index (χ1n) is 6.81. The molecule has 6 heteroatoms. The van der Waals surface area contributed by atoms with Crippen LogP contribution in [0, 0.1) is 12.8 Å². The first-order chi connectivity index (χ1) is 9.35. The van der Waals surface area contributed by atoms with Crippen molar-refractivity contribution in [3.8, 4) is 0 Å². The summed E-state index contributed by atoms with van der Waals surface area (Å²) in [5.41, 5.74) is 0.699. The van der Waals surface area contributed by atoms with Gasteiger partial charge >= 0.3 is 0 Å². The summed E-state index contributed by atoms with van der Waals surface area (Å²) in [7, 11) is 1.61. The molecule has 0 aliphatic carbocycles. The Morgan fingerprint density at radius 2 is 2.10 bits per heavy atom. The van der Waals surface area contributed by atoms with Gasteiger partial charge in [-0.05, 0) is 26.2 Å². The van der Waals surface area contributed by atoms with E-state index in [0.29, 0.717) is 22.9 Å². The molecule has 0 fully saturated rings. The van der Waals surface area contributed by atoms with Crippen LogP contribution in [-0.4, -0.2) is 35.8 Å². The minimum absolute atomic E-state index is 0.119. The van der Waals surface area contributed by atoms with Gasteiger partial charge in [0.1, 0.15) is 16.0 Å². The summed E-state index contributed by atoms with van der Waals surface area (Å²) in [6.07, 6.45) is 0.0461. The zero-order valence-corrected chi connectivity index (χ0v) is 13.6. The van der Waals surface area contributed by atoms with Crippen LogP contribution < -0.4 is 5.32 Å². The van der Waals surface area contributed by atoms with Crippen molar-refractivity contribution in [1.29, 1.82) is 0 Å². The molecule has 0 saturated carbocycles. The third-order valence-electron chi connectivity index (χ3n) is 2.96. The Kier molecular flexibility index (Phi) is 6.58. The Morgan fingerprint density at radius 1 is 1.45 bits per heavy atom. The number of aromatic nitrogens is 1. The number of amides is 1. The molecule has 0 saturated heterocycles. The number of nitrogens with zero attached hydrogens (tertiary/aromatic N) is 1. The topological polar surface area (TPSA) is 71.5 Å². The van der Waals surface area contributed by atoms with E-state index in [1.165, 1.54) is 11.3 Å². The predicted octanol–water partition coefficient (Wildman–Crippen LogP) is 2.30. The largest absolute Gasteiger partial charge is 0.391 e. The van der Waals surface area contributed by atoms with Gasteiger partial charge in [-0.15, -0.1) is 11.3 Å². The van der Waals surface area contributed by atoms with Crippen LogP contribution in [0.3, 0.4) is 0 Å². The number of carbonyl (C=O) groups is 1. The average molecular weight is 300 g/mol.